The van der Waals surface area contributed by atoms with Crippen molar-refractivity contribution in [2.75, 3.05) is 20.2 Å². The maximum Gasteiger partial charge on any atom is 0.118 e. The topological polar surface area (TPSA) is 24.5 Å². The number of piperazine rings is 1. The highest BCUT2D eigenvalue weighted by Gasteiger charge is 2.45. The normalized spacial score (nSPS) is 24.3. The molecule has 1 aliphatic carbocycles. The maximum absolute atomic E-state index is 5.26. The third kappa shape index (κ3) is 3.09. The number of nitrogens with zero attached hydrogens (tertiary/aromatic N) is 1. The van der Waals surface area contributed by atoms with E-state index in [-0.39, 0.29) is 5.54 Å². The fourth-order valence-electron chi connectivity index (χ4n) is 3.92. The van der Waals surface area contributed by atoms with E-state index in [0.29, 0.717) is 5.54 Å². The Hall–Kier alpha value is -1.06. The Kier molecular flexibility index (Phi) is 3.98. The first-order valence-corrected chi connectivity index (χ1v) is 8.16. The molecule has 0 aromatic heterocycles. The van der Waals surface area contributed by atoms with Crippen LogP contribution in [0.25, 0.3) is 0 Å². The molecule has 116 valence electrons. The predicted molar refractivity (Wildman–Crippen MR) is 86.7 cm³/mol. The number of hydrogen-bond donors (Lipinski definition) is 1. The lowest BCUT2D eigenvalue weighted by Gasteiger charge is -2.51. The average molecular weight is 288 g/mol. The SMILES string of the molecule is COc1ccc(CN2CC(C)(C)NCC23CCCC3)cc1. The van der Waals surface area contributed by atoms with Crippen molar-refractivity contribution in [3.05, 3.63) is 29.8 Å². The smallest absolute Gasteiger partial charge is 0.118 e. The van der Waals surface area contributed by atoms with Gasteiger partial charge in [-0.3, -0.25) is 4.90 Å². The van der Waals surface area contributed by atoms with Crippen molar-refractivity contribution < 1.29 is 4.74 Å². The Morgan fingerprint density at radius 1 is 1.14 bits per heavy atom. The van der Waals surface area contributed by atoms with Crippen molar-refractivity contribution in [2.45, 2.75) is 57.2 Å². The third-order valence-corrected chi connectivity index (χ3v) is 5.22. The van der Waals surface area contributed by atoms with Crippen LogP contribution in [0.3, 0.4) is 0 Å². The van der Waals surface area contributed by atoms with Gasteiger partial charge < -0.3 is 10.1 Å². The zero-order valence-corrected chi connectivity index (χ0v) is 13.6. The molecule has 3 nitrogen and oxygen atoms in total. The number of ether oxygens (including phenoxy) is 1. The van der Waals surface area contributed by atoms with Crippen molar-refractivity contribution >= 4 is 0 Å². The molecule has 3 rings (SSSR count). The molecule has 1 heterocycles. The van der Waals surface area contributed by atoms with E-state index >= 15 is 0 Å². The Balaban J connectivity index is 1.78. The Morgan fingerprint density at radius 2 is 1.81 bits per heavy atom. The van der Waals surface area contributed by atoms with E-state index in [4.69, 9.17) is 4.74 Å². The van der Waals surface area contributed by atoms with Crippen molar-refractivity contribution in [3.8, 4) is 5.75 Å². The van der Waals surface area contributed by atoms with Crippen LogP contribution in [0.4, 0.5) is 0 Å². The third-order valence-electron chi connectivity index (χ3n) is 5.22. The van der Waals surface area contributed by atoms with Crippen molar-refractivity contribution in [3.63, 3.8) is 0 Å². The van der Waals surface area contributed by atoms with Crippen LogP contribution in [-0.2, 0) is 6.54 Å². The average Bonchev–Trinajstić information content (AvgIpc) is 2.94. The summed E-state index contributed by atoms with van der Waals surface area (Å²) < 4.78 is 5.26. The van der Waals surface area contributed by atoms with E-state index in [1.54, 1.807) is 7.11 Å². The highest BCUT2D eigenvalue weighted by atomic mass is 16.5. The highest BCUT2D eigenvalue weighted by Crippen LogP contribution is 2.39. The monoisotopic (exact) mass is 288 g/mol. The molecule has 0 bridgehead atoms. The molecule has 1 saturated heterocycles. The molecule has 1 aromatic carbocycles. The van der Waals surface area contributed by atoms with Gasteiger partial charge in [-0.2, -0.15) is 0 Å². The number of rotatable bonds is 3. The molecule has 2 fully saturated rings. The maximum atomic E-state index is 5.26. The molecule has 0 amide bonds. The van der Waals surface area contributed by atoms with Crippen LogP contribution in [-0.4, -0.2) is 36.2 Å². The van der Waals surface area contributed by atoms with Crippen LogP contribution >= 0.6 is 0 Å². The first-order chi connectivity index (χ1) is 10.0. The summed E-state index contributed by atoms with van der Waals surface area (Å²) in [6.45, 7) is 7.94. The Bertz CT molecular complexity index is 474. The van der Waals surface area contributed by atoms with Gasteiger partial charge in [0.05, 0.1) is 7.11 Å². The predicted octanol–water partition coefficient (Wildman–Crippen LogP) is 3.19. The summed E-state index contributed by atoms with van der Waals surface area (Å²) in [6, 6.07) is 8.56. The Morgan fingerprint density at radius 3 is 2.43 bits per heavy atom. The second-order valence-corrected chi connectivity index (χ2v) is 7.37. The lowest BCUT2D eigenvalue weighted by Crippen LogP contribution is -2.66. The minimum atomic E-state index is 0.209. The fourth-order valence-corrected chi connectivity index (χ4v) is 3.92. The van der Waals surface area contributed by atoms with Gasteiger partial charge in [-0.05, 0) is 44.4 Å². The molecule has 1 aromatic rings. The standard InChI is InChI=1S/C18H28N2O/c1-17(2)14-20(18(13-19-17)10-4-5-11-18)12-15-6-8-16(21-3)9-7-15/h6-9,19H,4-5,10-14H2,1-3H3. The van der Waals surface area contributed by atoms with E-state index < -0.39 is 0 Å². The van der Waals surface area contributed by atoms with Gasteiger partial charge in [0.25, 0.3) is 0 Å². The fraction of sp³-hybridized carbons (Fsp3) is 0.667. The minimum Gasteiger partial charge on any atom is -0.497 e. The van der Waals surface area contributed by atoms with Crippen LogP contribution < -0.4 is 10.1 Å². The summed E-state index contributed by atoms with van der Waals surface area (Å²) in [5, 5.41) is 3.76. The lowest BCUT2D eigenvalue weighted by atomic mass is 9.86. The first-order valence-electron chi connectivity index (χ1n) is 8.16. The van der Waals surface area contributed by atoms with Crippen molar-refractivity contribution in [1.82, 2.24) is 10.2 Å². The van der Waals surface area contributed by atoms with Crippen molar-refractivity contribution in [1.29, 1.82) is 0 Å². The zero-order chi connectivity index (χ0) is 14.9. The van der Waals surface area contributed by atoms with E-state index in [2.05, 4.69) is 48.3 Å². The molecule has 1 aliphatic heterocycles. The highest BCUT2D eigenvalue weighted by molar-refractivity contribution is 5.27. The van der Waals surface area contributed by atoms with Gasteiger partial charge in [-0.1, -0.05) is 25.0 Å². The first kappa shape index (κ1) is 14.9. The summed E-state index contributed by atoms with van der Waals surface area (Å²) in [5.41, 5.74) is 1.98. The molecule has 1 N–H and O–H groups in total. The summed E-state index contributed by atoms with van der Waals surface area (Å²) in [6.07, 6.45) is 5.43. The molecule has 0 atom stereocenters. The van der Waals surface area contributed by atoms with Crippen molar-refractivity contribution in [2.24, 2.45) is 0 Å². The molecular formula is C18H28N2O. The minimum absolute atomic E-state index is 0.209. The van der Waals surface area contributed by atoms with Crippen LogP contribution in [0.1, 0.15) is 45.1 Å². The molecule has 0 unspecified atom stereocenters. The quantitative estimate of drug-likeness (QED) is 0.924. The van der Waals surface area contributed by atoms with Gasteiger partial charge in [0, 0.05) is 30.7 Å². The summed E-state index contributed by atoms with van der Waals surface area (Å²) >= 11 is 0. The number of benzene rings is 1. The second kappa shape index (κ2) is 5.62. The van der Waals surface area contributed by atoms with Gasteiger partial charge in [0.1, 0.15) is 5.75 Å². The molecule has 21 heavy (non-hydrogen) atoms. The zero-order valence-electron chi connectivity index (χ0n) is 13.6. The van der Waals surface area contributed by atoms with Gasteiger partial charge >= 0.3 is 0 Å². The van der Waals surface area contributed by atoms with Gasteiger partial charge in [0.15, 0.2) is 0 Å². The van der Waals surface area contributed by atoms with Crippen LogP contribution in [0.5, 0.6) is 5.75 Å². The number of nitrogens with one attached hydrogen (secondary N) is 1. The number of methoxy groups -OCH3 is 1. The van der Waals surface area contributed by atoms with Gasteiger partial charge in [0.2, 0.25) is 0 Å². The van der Waals surface area contributed by atoms with Crippen LogP contribution in [0, 0.1) is 0 Å². The largest absolute Gasteiger partial charge is 0.497 e. The molecule has 3 heteroatoms. The van der Waals surface area contributed by atoms with Gasteiger partial charge in [-0.15, -0.1) is 0 Å². The number of hydrogen-bond acceptors (Lipinski definition) is 3. The molecule has 0 radical (unpaired) electrons. The van der Waals surface area contributed by atoms with E-state index in [1.165, 1.54) is 31.2 Å². The molecule has 1 spiro atoms. The summed E-state index contributed by atoms with van der Waals surface area (Å²) in [4.78, 5) is 2.73. The van der Waals surface area contributed by atoms with Crippen LogP contribution in [0.2, 0.25) is 0 Å². The second-order valence-electron chi connectivity index (χ2n) is 7.37. The lowest BCUT2D eigenvalue weighted by molar-refractivity contribution is 0.0122. The summed E-state index contributed by atoms with van der Waals surface area (Å²) in [7, 11) is 1.72. The molecule has 2 aliphatic rings. The van der Waals surface area contributed by atoms with Gasteiger partial charge in [-0.25, -0.2) is 0 Å². The van der Waals surface area contributed by atoms with E-state index in [9.17, 15) is 0 Å². The Labute approximate surface area is 128 Å². The van der Waals surface area contributed by atoms with E-state index in [0.717, 1.165) is 25.4 Å². The molecule has 1 saturated carbocycles. The van der Waals surface area contributed by atoms with E-state index in [1.807, 2.05) is 0 Å². The summed E-state index contributed by atoms with van der Waals surface area (Å²) in [5.74, 6) is 0.940. The van der Waals surface area contributed by atoms with Crippen LogP contribution in [0.15, 0.2) is 24.3 Å². The molecular weight excluding hydrogens is 260 g/mol.